The van der Waals surface area contributed by atoms with Crippen LogP contribution in [0.2, 0.25) is 5.02 Å². The van der Waals surface area contributed by atoms with E-state index in [1.807, 2.05) is 42.5 Å². The van der Waals surface area contributed by atoms with Gasteiger partial charge in [-0.05, 0) is 53.6 Å². The molecule has 3 aromatic rings. The van der Waals surface area contributed by atoms with Crippen LogP contribution in [0, 0.1) is 6.92 Å². The van der Waals surface area contributed by atoms with Gasteiger partial charge < -0.3 is 10.1 Å². The molecule has 0 aliphatic carbocycles. The Kier molecular flexibility index (Phi) is 6.84. The molecule has 158 valence electrons. The highest BCUT2D eigenvalue weighted by Gasteiger charge is 2.22. The van der Waals surface area contributed by atoms with E-state index in [0.717, 1.165) is 21.3 Å². The Morgan fingerprint density at radius 2 is 1.80 bits per heavy atom. The molecule has 0 saturated heterocycles. The molecule has 6 nitrogen and oxygen atoms in total. The minimum atomic E-state index is -3.64. The number of hydrogen-bond donors (Lipinski definition) is 1. The maximum atomic E-state index is 12.3. The SMILES string of the molecule is Cc1cc(Cl)ccc1N(CC(=O)NCCOc1ccc2ccccc2c1)S(C)(=O)=O. The normalized spacial score (nSPS) is 11.3. The summed E-state index contributed by atoms with van der Waals surface area (Å²) < 4.78 is 31.2. The first-order valence-electron chi connectivity index (χ1n) is 9.36. The highest BCUT2D eigenvalue weighted by Crippen LogP contribution is 2.25. The zero-order chi connectivity index (χ0) is 21.7. The van der Waals surface area contributed by atoms with Crippen LogP contribution in [0.1, 0.15) is 5.56 Å². The van der Waals surface area contributed by atoms with Crippen LogP contribution >= 0.6 is 11.6 Å². The number of nitrogens with zero attached hydrogens (tertiary/aromatic N) is 1. The van der Waals surface area contributed by atoms with Crippen molar-refractivity contribution in [3.8, 4) is 5.75 Å². The van der Waals surface area contributed by atoms with Gasteiger partial charge in [-0.3, -0.25) is 9.10 Å². The van der Waals surface area contributed by atoms with Crippen molar-refractivity contribution in [2.45, 2.75) is 6.92 Å². The molecule has 3 rings (SSSR count). The molecule has 1 amide bonds. The number of aryl methyl sites for hydroxylation is 1. The Labute approximate surface area is 181 Å². The minimum absolute atomic E-state index is 0.253. The average molecular weight is 447 g/mol. The van der Waals surface area contributed by atoms with E-state index in [9.17, 15) is 13.2 Å². The van der Waals surface area contributed by atoms with Gasteiger partial charge in [-0.25, -0.2) is 8.42 Å². The van der Waals surface area contributed by atoms with Crippen LogP contribution in [-0.2, 0) is 14.8 Å². The largest absolute Gasteiger partial charge is 0.492 e. The monoisotopic (exact) mass is 446 g/mol. The van der Waals surface area contributed by atoms with Gasteiger partial charge in [0.2, 0.25) is 15.9 Å². The van der Waals surface area contributed by atoms with Crippen molar-refractivity contribution >= 4 is 44.0 Å². The van der Waals surface area contributed by atoms with Gasteiger partial charge >= 0.3 is 0 Å². The summed E-state index contributed by atoms with van der Waals surface area (Å²) in [6, 6.07) is 18.6. The van der Waals surface area contributed by atoms with E-state index in [1.165, 1.54) is 0 Å². The third-order valence-corrected chi connectivity index (χ3v) is 5.89. The van der Waals surface area contributed by atoms with Gasteiger partial charge in [-0.2, -0.15) is 0 Å². The molecule has 0 radical (unpaired) electrons. The topological polar surface area (TPSA) is 75.7 Å². The lowest BCUT2D eigenvalue weighted by molar-refractivity contribution is -0.119. The zero-order valence-corrected chi connectivity index (χ0v) is 18.3. The second kappa shape index (κ2) is 9.36. The molecule has 30 heavy (non-hydrogen) atoms. The van der Waals surface area contributed by atoms with Gasteiger partial charge in [-0.15, -0.1) is 0 Å². The predicted molar refractivity (Wildman–Crippen MR) is 121 cm³/mol. The fraction of sp³-hybridized carbons (Fsp3) is 0.227. The number of hydrogen-bond acceptors (Lipinski definition) is 4. The van der Waals surface area contributed by atoms with E-state index in [1.54, 1.807) is 25.1 Å². The molecule has 0 aromatic heterocycles. The molecule has 1 N–H and O–H groups in total. The maximum absolute atomic E-state index is 12.3. The summed E-state index contributed by atoms with van der Waals surface area (Å²) in [4.78, 5) is 12.3. The Balaban J connectivity index is 1.56. The summed E-state index contributed by atoms with van der Waals surface area (Å²) >= 11 is 5.95. The average Bonchev–Trinajstić information content (AvgIpc) is 2.69. The molecular weight excluding hydrogens is 424 g/mol. The van der Waals surface area contributed by atoms with Crippen LogP contribution < -0.4 is 14.4 Å². The fourth-order valence-corrected chi connectivity index (χ4v) is 4.22. The number of benzene rings is 3. The van der Waals surface area contributed by atoms with Gasteiger partial charge in [0.1, 0.15) is 18.9 Å². The molecule has 0 heterocycles. The number of carbonyl (C=O) groups is 1. The molecule has 8 heteroatoms. The van der Waals surface area contributed by atoms with Crippen LogP contribution in [0.5, 0.6) is 5.75 Å². The zero-order valence-electron chi connectivity index (χ0n) is 16.8. The van der Waals surface area contributed by atoms with E-state index in [2.05, 4.69) is 5.32 Å². The van der Waals surface area contributed by atoms with Crippen LogP contribution in [0.3, 0.4) is 0 Å². The Hall–Kier alpha value is -2.77. The number of ether oxygens (including phenoxy) is 1. The molecule has 0 saturated carbocycles. The highest BCUT2D eigenvalue weighted by molar-refractivity contribution is 7.92. The van der Waals surface area contributed by atoms with E-state index in [0.29, 0.717) is 22.0 Å². The lowest BCUT2D eigenvalue weighted by Gasteiger charge is -2.23. The van der Waals surface area contributed by atoms with E-state index < -0.39 is 15.9 Å². The molecule has 0 aliphatic rings. The second-order valence-corrected chi connectivity index (χ2v) is 9.25. The lowest BCUT2D eigenvalue weighted by atomic mass is 10.1. The minimum Gasteiger partial charge on any atom is -0.492 e. The van der Waals surface area contributed by atoms with E-state index in [-0.39, 0.29) is 19.7 Å². The number of halogens is 1. The number of anilines is 1. The van der Waals surface area contributed by atoms with Crippen molar-refractivity contribution < 1.29 is 17.9 Å². The van der Waals surface area contributed by atoms with E-state index in [4.69, 9.17) is 16.3 Å². The molecule has 3 aromatic carbocycles. The van der Waals surface area contributed by atoms with Crippen LogP contribution in [0.4, 0.5) is 5.69 Å². The fourth-order valence-electron chi connectivity index (χ4n) is 3.08. The van der Waals surface area contributed by atoms with Gasteiger partial charge in [0, 0.05) is 5.02 Å². The summed E-state index contributed by atoms with van der Waals surface area (Å²) in [5, 5.41) is 5.39. The number of nitrogens with one attached hydrogen (secondary N) is 1. The number of fused-ring (bicyclic) bond motifs is 1. The maximum Gasteiger partial charge on any atom is 0.240 e. The lowest BCUT2D eigenvalue weighted by Crippen LogP contribution is -2.41. The Bertz CT molecular complexity index is 1160. The van der Waals surface area contributed by atoms with Crippen molar-refractivity contribution in [2.75, 3.05) is 30.3 Å². The van der Waals surface area contributed by atoms with Crippen molar-refractivity contribution in [2.24, 2.45) is 0 Å². The number of amides is 1. The molecule has 0 fully saturated rings. The van der Waals surface area contributed by atoms with Crippen LogP contribution in [0.15, 0.2) is 60.7 Å². The quantitative estimate of drug-likeness (QED) is 0.534. The van der Waals surface area contributed by atoms with Crippen LogP contribution in [-0.4, -0.2) is 40.3 Å². The molecular formula is C22H23ClN2O4S. The van der Waals surface area contributed by atoms with E-state index >= 15 is 0 Å². The summed E-state index contributed by atoms with van der Waals surface area (Å²) in [6.07, 6.45) is 1.07. The number of sulfonamides is 1. The highest BCUT2D eigenvalue weighted by atomic mass is 35.5. The second-order valence-electron chi connectivity index (χ2n) is 6.91. The molecule has 0 unspecified atom stereocenters. The molecule has 0 bridgehead atoms. The third kappa shape index (κ3) is 5.64. The summed E-state index contributed by atoms with van der Waals surface area (Å²) in [7, 11) is -3.64. The first-order chi connectivity index (χ1) is 14.2. The predicted octanol–water partition coefficient (Wildman–Crippen LogP) is 3.76. The molecule has 0 atom stereocenters. The molecule has 0 spiro atoms. The van der Waals surface area contributed by atoms with Gasteiger partial charge in [0.15, 0.2) is 0 Å². The molecule has 0 aliphatic heterocycles. The number of carbonyl (C=O) groups excluding carboxylic acids is 1. The first-order valence-corrected chi connectivity index (χ1v) is 11.6. The van der Waals surface area contributed by atoms with Gasteiger partial charge in [0.05, 0.1) is 18.5 Å². The smallest absolute Gasteiger partial charge is 0.240 e. The van der Waals surface area contributed by atoms with Gasteiger partial charge in [0.25, 0.3) is 0 Å². The summed E-state index contributed by atoms with van der Waals surface area (Å²) in [6.45, 7) is 1.94. The Morgan fingerprint density at radius 3 is 2.50 bits per heavy atom. The standard InChI is InChI=1S/C22H23ClN2O4S/c1-16-13-19(23)8-10-21(16)25(30(2,27)28)15-22(26)24-11-12-29-20-9-7-17-5-3-4-6-18(17)14-20/h3-10,13-14H,11-12,15H2,1-2H3,(H,24,26). The summed E-state index contributed by atoms with van der Waals surface area (Å²) in [5.41, 5.74) is 1.09. The van der Waals surface area contributed by atoms with Crippen molar-refractivity contribution in [1.82, 2.24) is 5.32 Å². The third-order valence-electron chi connectivity index (χ3n) is 4.53. The Morgan fingerprint density at radius 1 is 1.07 bits per heavy atom. The van der Waals surface area contributed by atoms with Crippen molar-refractivity contribution in [3.63, 3.8) is 0 Å². The van der Waals surface area contributed by atoms with Crippen molar-refractivity contribution in [1.29, 1.82) is 0 Å². The van der Waals surface area contributed by atoms with Gasteiger partial charge in [-0.1, -0.05) is 41.9 Å². The van der Waals surface area contributed by atoms with Crippen LogP contribution in [0.25, 0.3) is 10.8 Å². The van der Waals surface area contributed by atoms with Crippen molar-refractivity contribution in [3.05, 3.63) is 71.2 Å². The number of rotatable bonds is 8. The summed E-state index contributed by atoms with van der Waals surface area (Å²) in [5.74, 6) is 0.286. The first kappa shape index (κ1) is 21.9.